The second kappa shape index (κ2) is 7.92. The minimum atomic E-state index is -0.626. The smallest absolute Gasteiger partial charge is 0.237 e. The first-order valence-corrected chi connectivity index (χ1v) is 9.56. The van der Waals surface area contributed by atoms with Crippen molar-refractivity contribution in [3.8, 4) is 0 Å². The van der Waals surface area contributed by atoms with Gasteiger partial charge in [-0.3, -0.25) is 14.5 Å². The van der Waals surface area contributed by atoms with Crippen LogP contribution in [0.2, 0.25) is 0 Å². The van der Waals surface area contributed by atoms with Gasteiger partial charge in [0, 0.05) is 32.1 Å². The van der Waals surface area contributed by atoms with E-state index in [0.717, 1.165) is 32.0 Å². The van der Waals surface area contributed by atoms with Gasteiger partial charge in [0.05, 0.1) is 6.04 Å². The Labute approximate surface area is 158 Å². The molecule has 1 aromatic carbocycles. The van der Waals surface area contributed by atoms with Crippen LogP contribution >= 0.6 is 0 Å². The van der Waals surface area contributed by atoms with Crippen molar-refractivity contribution in [2.45, 2.75) is 45.7 Å². The van der Waals surface area contributed by atoms with Crippen molar-refractivity contribution in [2.24, 2.45) is 5.41 Å². The highest BCUT2D eigenvalue weighted by atomic mass is 19.1. The van der Waals surface area contributed by atoms with Crippen LogP contribution in [0.15, 0.2) is 18.2 Å². The Bertz CT molecular complexity index is 697. The first kappa shape index (κ1) is 19.7. The van der Waals surface area contributed by atoms with Gasteiger partial charge in [-0.1, -0.05) is 0 Å². The van der Waals surface area contributed by atoms with Crippen LogP contribution in [-0.4, -0.2) is 53.8 Å². The molecular formula is C20H27F2N3O2. The first-order chi connectivity index (χ1) is 12.8. The summed E-state index contributed by atoms with van der Waals surface area (Å²) in [6.45, 7) is 6.81. The van der Waals surface area contributed by atoms with Crippen molar-refractivity contribution in [3.63, 3.8) is 0 Å². The minimum absolute atomic E-state index is 0.0323. The zero-order valence-electron chi connectivity index (χ0n) is 15.9. The Hall–Kier alpha value is -2.02. The first-order valence-electron chi connectivity index (χ1n) is 9.56. The van der Waals surface area contributed by atoms with E-state index in [-0.39, 0.29) is 29.8 Å². The van der Waals surface area contributed by atoms with E-state index in [0.29, 0.717) is 25.1 Å². The average Bonchev–Trinajstić information content (AvgIpc) is 2.89. The molecule has 7 heteroatoms. The van der Waals surface area contributed by atoms with E-state index in [1.54, 1.807) is 4.90 Å². The molecule has 1 aromatic rings. The number of likely N-dealkylation sites (N-methyl/N-ethyl adjacent to an activating group) is 1. The fourth-order valence-electron chi connectivity index (χ4n) is 4.26. The van der Waals surface area contributed by atoms with Crippen molar-refractivity contribution in [2.75, 3.05) is 26.2 Å². The summed E-state index contributed by atoms with van der Waals surface area (Å²) in [7, 11) is 0. The van der Waals surface area contributed by atoms with Crippen molar-refractivity contribution in [1.82, 2.24) is 15.1 Å². The molecule has 2 fully saturated rings. The predicted molar refractivity (Wildman–Crippen MR) is 97.8 cm³/mol. The summed E-state index contributed by atoms with van der Waals surface area (Å²) in [6, 6.07) is 3.21. The third kappa shape index (κ3) is 4.46. The Morgan fingerprint density at radius 2 is 1.85 bits per heavy atom. The molecule has 0 saturated carbocycles. The Morgan fingerprint density at radius 3 is 2.44 bits per heavy atom. The molecule has 0 radical (unpaired) electrons. The van der Waals surface area contributed by atoms with E-state index < -0.39 is 11.6 Å². The van der Waals surface area contributed by atoms with Crippen molar-refractivity contribution < 1.29 is 18.4 Å². The highest BCUT2D eigenvalue weighted by molar-refractivity contribution is 5.81. The lowest BCUT2D eigenvalue weighted by Crippen LogP contribution is -2.50. The van der Waals surface area contributed by atoms with Gasteiger partial charge >= 0.3 is 0 Å². The number of hydrogen-bond donors (Lipinski definition) is 1. The fraction of sp³-hybridized carbons (Fsp3) is 0.600. The number of amides is 2. The number of rotatable bonds is 5. The molecule has 2 aliphatic heterocycles. The number of nitrogens with zero attached hydrogens (tertiary/aromatic N) is 2. The number of carbonyl (C=O) groups is 2. The van der Waals surface area contributed by atoms with E-state index in [4.69, 9.17) is 0 Å². The number of carbonyl (C=O) groups excluding carboxylic acids is 2. The lowest BCUT2D eigenvalue weighted by molar-refractivity contribution is -0.129. The molecule has 0 aliphatic carbocycles. The molecule has 2 heterocycles. The number of piperidine rings is 1. The maximum Gasteiger partial charge on any atom is 0.237 e. The van der Waals surface area contributed by atoms with Crippen LogP contribution in [0.5, 0.6) is 0 Å². The van der Waals surface area contributed by atoms with Gasteiger partial charge < -0.3 is 10.2 Å². The predicted octanol–water partition coefficient (Wildman–Crippen LogP) is 2.30. The lowest BCUT2D eigenvalue weighted by Gasteiger charge is -2.40. The monoisotopic (exact) mass is 379 g/mol. The Balaban J connectivity index is 1.60. The third-order valence-corrected chi connectivity index (χ3v) is 5.84. The molecule has 27 heavy (non-hydrogen) atoms. The molecule has 2 amide bonds. The van der Waals surface area contributed by atoms with E-state index in [1.807, 2.05) is 13.8 Å². The summed E-state index contributed by atoms with van der Waals surface area (Å²) in [5.74, 6) is -1.19. The molecule has 1 spiro atoms. The van der Waals surface area contributed by atoms with Crippen molar-refractivity contribution in [3.05, 3.63) is 35.4 Å². The van der Waals surface area contributed by atoms with Gasteiger partial charge in [0.15, 0.2) is 0 Å². The summed E-state index contributed by atoms with van der Waals surface area (Å²) >= 11 is 0. The largest absolute Gasteiger partial charge is 0.355 e. The maximum atomic E-state index is 13.4. The van der Waals surface area contributed by atoms with Crippen LogP contribution in [0.3, 0.4) is 0 Å². The quantitative estimate of drug-likeness (QED) is 0.854. The molecule has 2 aliphatic rings. The van der Waals surface area contributed by atoms with E-state index in [9.17, 15) is 18.4 Å². The zero-order valence-corrected chi connectivity index (χ0v) is 15.9. The molecular weight excluding hydrogens is 352 g/mol. The summed E-state index contributed by atoms with van der Waals surface area (Å²) in [5, 5.41) is 2.85. The molecule has 1 atom stereocenters. The summed E-state index contributed by atoms with van der Waals surface area (Å²) < 4.78 is 26.8. The second-order valence-electron chi connectivity index (χ2n) is 7.81. The van der Waals surface area contributed by atoms with Gasteiger partial charge in [-0.2, -0.15) is 0 Å². The molecule has 0 bridgehead atoms. The van der Waals surface area contributed by atoms with Crippen molar-refractivity contribution >= 4 is 11.8 Å². The zero-order chi connectivity index (χ0) is 19.6. The third-order valence-electron chi connectivity index (χ3n) is 5.84. The van der Waals surface area contributed by atoms with Gasteiger partial charge in [-0.15, -0.1) is 0 Å². The maximum absolute atomic E-state index is 13.4. The van der Waals surface area contributed by atoms with Gasteiger partial charge in [0.2, 0.25) is 11.8 Å². The van der Waals surface area contributed by atoms with Gasteiger partial charge in [0.1, 0.15) is 11.6 Å². The molecule has 0 unspecified atom stereocenters. The van der Waals surface area contributed by atoms with Crippen LogP contribution in [0.1, 0.15) is 38.7 Å². The molecule has 5 nitrogen and oxygen atoms in total. The normalized spacial score (nSPS) is 20.9. The van der Waals surface area contributed by atoms with E-state index in [1.165, 1.54) is 12.1 Å². The topological polar surface area (TPSA) is 52.7 Å². The average molecular weight is 379 g/mol. The molecule has 148 valence electrons. The van der Waals surface area contributed by atoms with Crippen LogP contribution in [0.4, 0.5) is 8.78 Å². The van der Waals surface area contributed by atoms with Crippen LogP contribution in [0, 0.1) is 17.0 Å². The molecule has 2 saturated heterocycles. The summed E-state index contributed by atoms with van der Waals surface area (Å²) in [6.07, 6.45) is 2.15. The summed E-state index contributed by atoms with van der Waals surface area (Å²) in [4.78, 5) is 28.4. The van der Waals surface area contributed by atoms with Crippen LogP contribution in [-0.2, 0) is 16.1 Å². The van der Waals surface area contributed by atoms with Crippen LogP contribution < -0.4 is 5.32 Å². The highest BCUT2D eigenvalue weighted by Gasteiger charge is 2.45. The Morgan fingerprint density at radius 1 is 1.22 bits per heavy atom. The molecule has 3 rings (SSSR count). The number of benzene rings is 1. The van der Waals surface area contributed by atoms with Gasteiger partial charge in [-0.25, -0.2) is 8.78 Å². The lowest BCUT2D eigenvalue weighted by atomic mass is 9.77. The van der Waals surface area contributed by atoms with E-state index >= 15 is 0 Å². The SMILES string of the molecule is CCNC(=O)[C@@H](C)N1CCC2(CC1)CC(=O)N(Cc1cc(F)cc(F)c1)C2. The number of halogens is 2. The van der Waals surface area contributed by atoms with Crippen LogP contribution in [0.25, 0.3) is 0 Å². The standard InChI is InChI=1S/C20H27F2N3O2/c1-3-23-19(27)14(2)24-6-4-20(5-7-24)11-18(26)25(13-20)12-15-8-16(21)10-17(22)9-15/h8-10,14H,3-7,11-13H2,1-2H3,(H,23,27)/t14-/m1/s1. The highest BCUT2D eigenvalue weighted by Crippen LogP contribution is 2.41. The number of nitrogens with one attached hydrogen (secondary N) is 1. The fourth-order valence-corrected chi connectivity index (χ4v) is 4.26. The van der Waals surface area contributed by atoms with E-state index in [2.05, 4.69) is 10.2 Å². The number of hydrogen-bond acceptors (Lipinski definition) is 3. The summed E-state index contributed by atoms with van der Waals surface area (Å²) in [5.41, 5.74) is 0.376. The van der Waals surface area contributed by atoms with Crippen molar-refractivity contribution in [1.29, 1.82) is 0 Å². The number of likely N-dealkylation sites (tertiary alicyclic amines) is 2. The van der Waals surface area contributed by atoms with Gasteiger partial charge in [-0.05, 0) is 62.9 Å². The molecule has 0 aromatic heterocycles. The van der Waals surface area contributed by atoms with Gasteiger partial charge in [0.25, 0.3) is 0 Å². The Kier molecular flexibility index (Phi) is 5.79. The second-order valence-corrected chi connectivity index (χ2v) is 7.81. The minimum Gasteiger partial charge on any atom is -0.355 e. The molecule has 1 N–H and O–H groups in total.